The van der Waals surface area contributed by atoms with Crippen LogP contribution in [0, 0.1) is 0 Å². The fourth-order valence-corrected chi connectivity index (χ4v) is 1.40. The van der Waals surface area contributed by atoms with E-state index in [4.69, 9.17) is 0 Å². The van der Waals surface area contributed by atoms with Gasteiger partial charge in [0.25, 0.3) is 0 Å². The summed E-state index contributed by atoms with van der Waals surface area (Å²) in [5, 5.41) is 0. The van der Waals surface area contributed by atoms with E-state index in [2.05, 4.69) is 4.74 Å². The number of carbonyl (C=O) groups is 2. The zero-order valence-corrected chi connectivity index (χ0v) is 7.37. The molecule has 0 unspecified atom stereocenters. The molecule has 1 saturated heterocycles. The van der Waals surface area contributed by atoms with Gasteiger partial charge in [0.1, 0.15) is 6.04 Å². The molecule has 0 aromatic heterocycles. The van der Waals surface area contributed by atoms with Gasteiger partial charge in [-0.3, -0.25) is 4.79 Å². The minimum absolute atomic E-state index is 0.0247. The summed E-state index contributed by atoms with van der Waals surface area (Å²) in [6.45, 7) is 0. The van der Waals surface area contributed by atoms with Crippen molar-refractivity contribution in [2.24, 2.45) is 0 Å². The molecule has 0 N–H and O–H groups in total. The van der Waals surface area contributed by atoms with Crippen molar-refractivity contribution in [2.75, 3.05) is 14.2 Å². The smallest absolute Gasteiger partial charge is 0.328 e. The Hall–Kier alpha value is -1.06. The average Bonchev–Trinajstić information content (AvgIpc) is 2.08. The summed E-state index contributed by atoms with van der Waals surface area (Å²) in [6, 6.07) is -0.365. The molecule has 12 heavy (non-hydrogen) atoms. The Bertz CT molecular complexity index is 202. The third kappa shape index (κ3) is 1.57. The van der Waals surface area contributed by atoms with E-state index in [-0.39, 0.29) is 17.9 Å². The molecule has 1 fully saturated rings. The number of amides is 1. The number of hydrogen-bond acceptors (Lipinski definition) is 3. The quantitative estimate of drug-likeness (QED) is 0.528. The van der Waals surface area contributed by atoms with Crippen LogP contribution in [0.2, 0.25) is 0 Å². The van der Waals surface area contributed by atoms with Crippen molar-refractivity contribution < 1.29 is 14.3 Å². The maximum absolute atomic E-state index is 11.1. The zero-order valence-electron chi connectivity index (χ0n) is 7.37. The molecule has 0 aromatic carbocycles. The van der Waals surface area contributed by atoms with Crippen LogP contribution in [0.4, 0.5) is 0 Å². The second-order valence-electron chi connectivity index (χ2n) is 2.94. The van der Waals surface area contributed by atoms with Gasteiger partial charge in [-0.25, -0.2) is 4.79 Å². The Morgan fingerprint density at radius 1 is 1.67 bits per heavy atom. The minimum atomic E-state index is -0.365. The number of likely N-dealkylation sites (tertiary alicyclic amines) is 1. The average molecular weight is 171 g/mol. The summed E-state index contributed by atoms with van der Waals surface area (Å²) in [6.07, 6.45) is 2.04. The van der Waals surface area contributed by atoms with Crippen molar-refractivity contribution >= 4 is 11.9 Å². The first kappa shape index (κ1) is 9.03. The van der Waals surface area contributed by atoms with Gasteiger partial charge in [-0.2, -0.15) is 0 Å². The van der Waals surface area contributed by atoms with E-state index in [9.17, 15) is 9.59 Å². The molecule has 1 amide bonds. The Balaban J connectivity index is 2.63. The molecule has 0 saturated carbocycles. The largest absolute Gasteiger partial charge is 0.467 e. The van der Waals surface area contributed by atoms with Crippen molar-refractivity contribution in [1.29, 1.82) is 0 Å². The Morgan fingerprint density at radius 2 is 2.33 bits per heavy atom. The summed E-state index contributed by atoms with van der Waals surface area (Å²) < 4.78 is 4.58. The van der Waals surface area contributed by atoms with E-state index in [0.717, 1.165) is 12.8 Å². The highest BCUT2D eigenvalue weighted by Gasteiger charge is 2.30. The molecule has 4 nitrogen and oxygen atoms in total. The monoisotopic (exact) mass is 171 g/mol. The molecule has 0 radical (unpaired) electrons. The predicted octanol–water partition coefficient (Wildman–Crippen LogP) is 0.170. The summed E-state index contributed by atoms with van der Waals surface area (Å²) in [5.41, 5.74) is 0. The molecular weight excluding hydrogens is 158 g/mol. The van der Waals surface area contributed by atoms with Gasteiger partial charge in [0.05, 0.1) is 7.11 Å². The molecule has 0 aromatic rings. The molecular formula is C8H13NO3. The van der Waals surface area contributed by atoms with Crippen molar-refractivity contribution in [2.45, 2.75) is 25.3 Å². The van der Waals surface area contributed by atoms with Crippen LogP contribution in [-0.2, 0) is 14.3 Å². The molecule has 1 atom stereocenters. The van der Waals surface area contributed by atoms with Gasteiger partial charge in [-0.05, 0) is 12.8 Å². The van der Waals surface area contributed by atoms with Gasteiger partial charge in [0, 0.05) is 13.5 Å². The second-order valence-corrected chi connectivity index (χ2v) is 2.94. The van der Waals surface area contributed by atoms with Gasteiger partial charge in [0.2, 0.25) is 5.91 Å². The SMILES string of the molecule is COC(=O)[C@@H]1CCCC(=O)N1C. The summed E-state index contributed by atoms with van der Waals surface area (Å²) in [4.78, 5) is 23.7. The third-order valence-corrected chi connectivity index (χ3v) is 2.20. The lowest BCUT2D eigenvalue weighted by Crippen LogP contribution is -2.45. The van der Waals surface area contributed by atoms with Crippen LogP contribution in [0.25, 0.3) is 0 Å². The molecule has 1 aliphatic rings. The summed E-state index contributed by atoms with van der Waals surface area (Å²) in [5.74, 6) is -0.290. The van der Waals surface area contributed by atoms with Crippen molar-refractivity contribution in [3.63, 3.8) is 0 Å². The van der Waals surface area contributed by atoms with Crippen LogP contribution >= 0.6 is 0 Å². The molecule has 0 spiro atoms. The van der Waals surface area contributed by atoms with Gasteiger partial charge < -0.3 is 9.64 Å². The highest BCUT2D eigenvalue weighted by atomic mass is 16.5. The normalized spacial score (nSPS) is 24.0. The van der Waals surface area contributed by atoms with Gasteiger partial charge in [-0.15, -0.1) is 0 Å². The number of carbonyl (C=O) groups excluding carboxylic acids is 2. The first-order valence-electron chi connectivity index (χ1n) is 4.00. The lowest BCUT2D eigenvalue weighted by atomic mass is 10.0. The van der Waals surface area contributed by atoms with Gasteiger partial charge in [0.15, 0.2) is 0 Å². The minimum Gasteiger partial charge on any atom is -0.467 e. The summed E-state index contributed by atoms with van der Waals surface area (Å²) in [7, 11) is 2.98. The molecule has 4 heteroatoms. The number of piperidine rings is 1. The van der Waals surface area contributed by atoms with E-state index >= 15 is 0 Å². The highest BCUT2D eigenvalue weighted by Crippen LogP contribution is 2.16. The van der Waals surface area contributed by atoms with Gasteiger partial charge >= 0.3 is 5.97 Å². The van der Waals surface area contributed by atoms with Crippen LogP contribution in [0.3, 0.4) is 0 Å². The maximum Gasteiger partial charge on any atom is 0.328 e. The lowest BCUT2D eigenvalue weighted by Gasteiger charge is -2.29. The van der Waals surface area contributed by atoms with E-state index in [1.807, 2.05) is 0 Å². The molecule has 1 rings (SSSR count). The fraction of sp³-hybridized carbons (Fsp3) is 0.750. The highest BCUT2D eigenvalue weighted by molar-refractivity contribution is 5.85. The number of nitrogens with zero attached hydrogens (tertiary/aromatic N) is 1. The number of methoxy groups -OCH3 is 1. The van der Waals surface area contributed by atoms with Crippen LogP contribution in [0.1, 0.15) is 19.3 Å². The molecule has 68 valence electrons. The van der Waals surface area contributed by atoms with E-state index < -0.39 is 0 Å². The standard InChI is InChI=1S/C8H13NO3/c1-9-6(8(11)12-2)4-3-5-7(9)10/h6H,3-5H2,1-2H3/t6-/m0/s1. The predicted molar refractivity (Wildman–Crippen MR) is 42.4 cm³/mol. The first-order chi connectivity index (χ1) is 5.66. The first-order valence-corrected chi connectivity index (χ1v) is 4.00. The topological polar surface area (TPSA) is 46.6 Å². The Kier molecular flexibility index (Phi) is 2.68. The van der Waals surface area contributed by atoms with Gasteiger partial charge in [-0.1, -0.05) is 0 Å². The molecule has 1 heterocycles. The zero-order chi connectivity index (χ0) is 9.14. The van der Waals surface area contributed by atoms with Crippen LogP contribution in [-0.4, -0.2) is 37.0 Å². The third-order valence-electron chi connectivity index (χ3n) is 2.20. The fourth-order valence-electron chi connectivity index (χ4n) is 1.40. The molecule has 0 bridgehead atoms. The molecule has 1 aliphatic heterocycles. The number of likely N-dealkylation sites (N-methyl/N-ethyl adjacent to an activating group) is 1. The van der Waals surface area contributed by atoms with Crippen molar-refractivity contribution in [1.82, 2.24) is 4.90 Å². The van der Waals surface area contributed by atoms with E-state index in [1.54, 1.807) is 7.05 Å². The van der Waals surface area contributed by atoms with Crippen LogP contribution in [0.5, 0.6) is 0 Å². The number of ether oxygens (including phenoxy) is 1. The number of rotatable bonds is 1. The summed E-state index contributed by atoms with van der Waals surface area (Å²) >= 11 is 0. The van der Waals surface area contributed by atoms with E-state index in [1.165, 1.54) is 12.0 Å². The van der Waals surface area contributed by atoms with E-state index in [0.29, 0.717) is 6.42 Å². The second kappa shape index (κ2) is 3.56. The number of esters is 1. The van der Waals surface area contributed by atoms with Crippen molar-refractivity contribution in [3.8, 4) is 0 Å². The number of hydrogen-bond donors (Lipinski definition) is 0. The van der Waals surface area contributed by atoms with Crippen LogP contribution in [0.15, 0.2) is 0 Å². The van der Waals surface area contributed by atoms with Crippen LogP contribution < -0.4 is 0 Å². The molecule has 0 aliphatic carbocycles. The van der Waals surface area contributed by atoms with Crippen molar-refractivity contribution in [3.05, 3.63) is 0 Å². The Labute approximate surface area is 71.5 Å². The maximum atomic E-state index is 11.1. The lowest BCUT2D eigenvalue weighted by molar-refractivity contribution is -0.154. The Morgan fingerprint density at radius 3 is 2.92 bits per heavy atom.